The molecule has 2 aliphatic rings. The second-order valence-electron chi connectivity index (χ2n) is 10.5. The van der Waals surface area contributed by atoms with Crippen LogP contribution in [0.2, 0.25) is 0 Å². The highest BCUT2D eigenvalue weighted by molar-refractivity contribution is 6.98. The molecule has 0 spiro atoms. The topological polar surface area (TPSA) is 23.4 Å². The van der Waals surface area contributed by atoms with Crippen molar-refractivity contribution in [1.82, 2.24) is 4.57 Å². The summed E-state index contributed by atoms with van der Waals surface area (Å²) >= 11 is 0. The SMILES string of the molecule is c1ccc2c(c1)Oc1cccc3c1B2c1cc(-c2ccc(-n4c5ccccc5c5ccccc54)cc2)ccc1O3. The van der Waals surface area contributed by atoms with Crippen molar-refractivity contribution in [2.75, 3.05) is 0 Å². The standard InChI is InChI=1S/C36H22BNO2/c1-4-11-30-26(8-1)27-9-2-5-12-31(27)38(30)25-19-16-23(17-20-25)24-18-21-33-29(22-24)37-28-10-3-6-13-32(28)39-34-14-7-15-35(40-33)36(34)37/h1-22H. The van der Waals surface area contributed by atoms with Gasteiger partial charge in [0.25, 0.3) is 6.71 Å². The first-order chi connectivity index (χ1) is 19.8. The van der Waals surface area contributed by atoms with Gasteiger partial charge in [-0.15, -0.1) is 0 Å². The fourth-order valence-electron chi connectivity index (χ4n) is 6.56. The molecule has 6 aromatic carbocycles. The molecule has 3 heterocycles. The fraction of sp³-hybridized carbons (Fsp3) is 0. The predicted molar refractivity (Wildman–Crippen MR) is 164 cm³/mol. The van der Waals surface area contributed by atoms with Gasteiger partial charge in [-0.3, -0.25) is 0 Å². The molecule has 4 heteroatoms. The van der Waals surface area contributed by atoms with E-state index >= 15 is 0 Å². The zero-order valence-electron chi connectivity index (χ0n) is 21.5. The van der Waals surface area contributed by atoms with Crippen molar-refractivity contribution in [3.8, 4) is 39.8 Å². The summed E-state index contributed by atoms with van der Waals surface area (Å²) in [5.74, 6) is 3.54. The first kappa shape index (κ1) is 21.7. The van der Waals surface area contributed by atoms with E-state index in [9.17, 15) is 0 Å². The molecule has 7 aromatic rings. The van der Waals surface area contributed by atoms with E-state index in [0.29, 0.717) is 0 Å². The zero-order chi connectivity index (χ0) is 26.2. The maximum Gasteiger partial charge on any atom is 0.260 e. The van der Waals surface area contributed by atoms with Crippen molar-refractivity contribution in [3.63, 3.8) is 0 Å². The van der Waals surface area contributed by atoms with Crippen LogP contribution in [0.1, 0.15) is 0 Å². The molecule has 0 bridgehead atoms. The number of rotatable bonds is 2. The molecular weight excluding hydrogens is 489 g/mol. The molecule has 0 aliphatic carbocycles. The minimum atomic E-state index is 0.0664. The van der Waals surface area contributed by atoms with Gasteiger partial charge in [-0.1, -0.05) is 84.9 Å². The highest BCUT2D eigenvalue weighted by Crippen LogP contribution is 2.36. The largest absolute Gasteiger partial charge is 0.458 e. The number of aromatic nitrogens is 1. The summed E-state index contributed by atoms with van der Waals surface area (Å²) in [7, 11) is 0. The maximum atomic E-state index is 6.40. The van der Waals surface area contributed by atoms with E-state index in [1.165, 1.54) is 43.9 Å². The predicted octanol–water partition coefficient (Wildman–Crippen LogP) is 7.18. The summed E-state index contributed by atoms with van der Waals surface area (Å²) in [5, 5.41) is 2.54. The first-order valence-electron chi connectivity index (χ1n) is 13.6. The smallest absolute Gasteiger partial charge is 0.260 e. The van der Waals surface area contributed by atoms with E-state index in [2.05, 4.69) is 114 Å². The first-order valence-corrected chi connectivity index (χ1v) is 13.6. The Morgan fingerprint density at radius 3 is 1.75 bits per heavy atom. The minimum Gasteiger partial charge on any atom is -0.458 e. The number of hydrogen-bond donors (Lipinski definition) is 0. The van der Waals surface area contributed by atoms with Crippen LogP contribution in [0.4, 0.5) is 0 Å². The highest BCUT2D eigenvalue weighted by Gasteiger charge is 2.39. The molecular formula is C36H22BNO2. The summed E-state index contributed by atoms with van der Waals surface area (Å²) in [5.41, 5.74) is 9.37. The normalized spacial score (nSPS) is 12.8. The molecule has 0 N–H and O–H groups in total. The van der Waals surface area contributed by atoms with E-state index in [0.717, 1.165) is 34.1 Å². The number of nitrogens with zero attached hydrogens (tertiary/aromatic N) is 1. The number of para-hydroxylation sites is 3. The van der Waals surface area contributed by atoms with Gasteiger partial charge in [0.15, 0.2) is 0 Å². The van der Waals surface area contributed by atoms with E-state index in [-0.39, 0.29) is 6.71 Å². The van der Waals surface area contributed by atoms with E-state index < -0.39 is 0 Å². The Morgan fingerprint density at radius 1 is 0.450 bits per heavy atom. The van der Waals surface area contributed by atoms with Gasteiger partial charge in [-0.2, -0.15) is 0 Å². The molecule has 0 atom stereocenters. The van der Waals surface area contributed by atoms with Crippen molar-refractivity contribution in [1.29, 1.82) is 0 Å². The average molecular weight is 511 g/mol. The van der Waals surface area contributed by atoms with Crippen LogP contribution >= 0.6 is 0 Å². The average Bonchev–Trinajstić information content (AvgIpc) is 3.35. The van der Waals surface area contributed by atoms with E-state index in [4.69, 9.17) is 9.47 Å². The monoisotopic (exact) mass is 511 g/mol. The lowest BCUT2D eigenvalue weighted by atomic mass is 9.35. The lowest BCUT2D eigenvalue weighted by Gasteiger charge is -2.33. The van der Waals surface area contributed by atoms with Gasteiger partial charge in [0, 0.05) is 21.9 Å². The summed E-state index contributed by atoms with van der Waals surface area (Å²) in [4.78, 5) is 0. The zero-order valence-corrected chi connectivity index (χ0v) is 21.5. The van der Waals surface area contributed by atoms with Gasteiger partial charge in [0.05, 0.1) is 11.0 Å². The second kappa shape index (κ2) is 8.14. The molecule has 3 nitrogen and oxygen atoms in total. The Labute approximate surface area is 231 Å². The number of hydrogen-bond acceptors (Lipinski definition) is 2. The van der Waals surface area contributed by atoms with Gasteiger partial charge in [-0.05, 0) is 70.6 Å². The molecule has 0 unspecified atom stereocenters. The Kier molecular flexibility index (Phi) is 4.41. The summed E-state index contributed by atoms with van der Waals surface area (Å²) in [6, 6.07) is 47.1. The molecule has 0 fully saturated rings. The van der Waals surface area contributed by atoms with E-state index in [1.807, 2.05) is 24.3 Å². The van der Waals surface area contributed by atoms with Crippen LogP contribution in [0.3, 0.4) is 0 Å². The van der Waals surface area contributed by atoms with Gasteiger partial charge in [-0.25, -0.2) is 0 Å². The van der Waals surface area contributed by atoms with E-state index in [1.54, 1.807) is 0 Å². The molecule has 1 aromatic heterocycles. The second-order valence-corrected chi connectivity index (χ2v) is 10.5. The van der Waals surface area contributed by atoms with Crippen LogP contribution in [-0.4, -0.2) is 11.3 Å². The van der Waals surface area contributed by atoms with Gasteiger partial charge in [0.1, 0.15) is 23.0 Å². The quantitative estimate of drug-likeness (QED) is 0.230. The molecule has 0 saturated heterocycles. The van der Waals surface area contributed by atoms with Crippen LogP contribution in [0, 0.1) is 0 Å². The Balaban J connectivity index is 1.17. The number of benzene rings is 6. The molecule has 9 rings (SSSR count). The molecule has 0 radical (unpaired) electrons. The van der Waals surface area contributed by atoms with Crippen molar-refractivity contribution in [2.45, 2.75) is 0 Å². The molecule has 0 saturated carbocycles. The van der Waals surface area contributed by atoms with Crippen LogP contribution in [0.5, 0.6) is 23.0 Å². The number of ether oxygens (including phenoxy) is 2. The third-order valence-electron chi connectivity index (χ3n) is 8.34. The van der Waals surface area contributed by atoms with Crippen LogP contribution in [0.25, 0.3) is 38.6 Å². The molecule has 40 heavy (non-hydrogen) atoms. The number of fused-ring (bicyclic) bond motifs is 7. The lowest BCUT2D eigenvalue weighted by Crippen LogP contribution is -2.57. The highest BCUT2D eigenvalue weighted by atomic mass is 16.5. The van der Waals surface area contributed by atoms with Crippen LogP contribution in [-0.2, 0) is 0 Å². The van der Waals surface area contributed by atoms with Crippen molar-refractivity contribution < 1.29 is 9.47 Å². The minimum absolute atomic E-state index is 0.0664. The lowest BCUT2D eigenvalue weighted by molar-refractivity contribution is 0.464. The summed E-state index contributed by atoms with van der Waals surface area (Å²) in [6.45, 7) is 0.0664. The fourth-order valence-corrected chi connectivity index (χ4v) is 6.56. The Hall–Kier alpha value is -5.22. The van der Waals surface area contributed by atoms with Crippen molar-refractivity contribution in [3.05, 3.63) is 133 Å². The van der Waals surface area contributed by atoms with Crippen LogP contribution in [0.15, 0.2) is 133 Å². The summed E-state index contributed by atoms with van der Waals surface area (Å²) in [6.07, 6.45) is 0. The van der Waals surface area contributed by atoms with Gasteiger partial charge in [0.2, 0.25) is 0 Å². The van der Waals surface area contributed by atoms with Gasteiger partial charge >= 0.3 is 0 Å². The third-order valence-corrected chi connectivity index (χ3v) is 8.34. The Morgan fingerprint density at radius 2 is 1.02 bits per heavy atom. The maximum absolute atomic E-state index is 6.40. The van der Waals surface area contributed by atoms with Crippen molar-refractivity contribution >= 4 is 44.9 Å². The third kappa shape index (κ3) is 3.02. The molecule has 2 aliphatic heterocycles. The van der Waals surface area contributed by atoms with Gasteiger partial charge < -0.3 is 14.0 Å². The molecule has 0 amide bonds. The summed E-state index contributed by atoms with van der Waals surface area (Å²) < 4.78 is 15.0. The Bertz CT molecular complexity index is 2060. The molecule has 186 valence electrons. The van der Waals surface area contributed by atoms with Crippen molar-refractivity contribution in [2.24, 2.45) is 0 Å². The van der Waals surface area contributed by atoms with Crippen LogP contribution < -0.4 is 25.9 Å².